The van der Waals surface area contributed by atoms with Crippen molar-refractivity contribution < 1.29 is 9.53 Å². The van der Waals surface area contributed by atoms with Crippen LogP contribution < -0.4 is 0 Å². The third kappa shape index (κ3) is 4.37. The largest absolute Gasteiger partial charge is 0.410 e. The molecule has 2 aliphatic carbocycles. The van der Waals surface area contributed by atoms with Gasteiger partial charge in [-0.2, -0.15) is 0 Å². The Bertz CT molecular complexity index is 733. The number of rotatable bonds is 4. The predicted octanol–water partition coefficient (Wildman–Crippen LogP) is 6.87. The fraction of sp³-hybridized carbons (Fsp3) is 0.783. The third-order valence-corrected chi connectivity index (χ3v) is 12.9. The van der Waals surface area contributed by atoms with Crippen molar-refractivity contribution in [1.82, 2.24) is 4.98 Å². The number of pyridine rings is 1. The van der Waals surface area contributed by atoms with Crippen molar-refractivity contribution in [3.63, 3.8) is 0 Å². The normalized spacial score (nSPS) is 23.1. The van der Waals surface area contributed by atoms with E-state index in [0.717, 1.165) is 18.4 Å². The molecule has 1 aromatic heterocycles. The Hall–Kier alpha value is 0.0169. The summed E-state index contributed by atoms with van der Waals surface area (Å²) in [7, 11) is -1.91. The monoisotopic (exact) mass is 515 g/mol. The summed E-state index contributed by atoms with van der Waals surface area (Å²) >= 11 is 2.47. The smallest absolute Gasteiger partial charge is 0.192 e. The molecule has 0 amide bonds. The first kappa shape index (κ1) is 22.7. The van der Waals surface area contributed by atoms with Gasteiger partial charge in [-0.05, 0) is 71.8 Å². The van der Waals surface area contributed by atoms with E-state index in [4.69, 9.17) is 9.41 Å². The third-order valence-electron chi connectivity index (χ3n) is 7.23. The number of aromatic nitrogens is 1. The quantitative estimate of drug-likeness (QED) is 0.352. The van der Waals surface area contributed by atoms with Gasteiger partial charge < -0.3 is 9.53 Å². The van der Waals surface area contributed by atoms with Crippen LogP contribution in [0.5, 0.6) is 0 Å². The lowest BCUT2D eigenvalue weighted by molar-refractivity contribution is 0.105. The van der Waals surface area contributed by atoms with E-state index in [9.17, 15) is 5.11 Å². The SMILES string of the molecule is CC1(C)Cc2nc(C3CCCC3)c(CO)c(I)c2C(O[Si](C)(C)C(C)(C)C)C1. The zero-order chi connectivity index (χ0) is 20.9. The minimum absolute atomic E-state index is 0.0839. The molecular formula is C23H38INO2Si. The van der Waals surface area contributed by atoms with E-state index in [1.54, 1.807) is 0 Å². The average molecular weight is 516 g/mol. The second-order valence-corrected chi connectivity index (χ2v) is 17.0. The van der Waals surface area contributed by atoms with Crippen LogP contribution in [0.1, 0.15) is 101 Å². The van der Waals surface area contributed by atoms with Gasteiger partial charge in [0.1, 0.15) is 0 Å². The van der Waals surface area contributed by atoms with Crippen LogP contribution in [0.4, 0.5) is 0 Å². The van der Waals surface area contributed by atoms with Crippen LogP contribution in [0, 0.1) is 8.99 Å². The highest BCUT2D eigenvalue weighted by Gasteiger charge is 2.44. The highest BCUT2D eigenvalue weighted by atomic mass is 127. The molecule has 0 radical (unpaired) electrons. The molecule has 0 saturated heterocycles. The Morgan fingerprint density at radius 1 is 1.21 bits per heavy atom. The van der Waals surface area contributed by atoms with Gasteiger partial charge in [-0.25, -0.2) is 0 Å². The fourth-order valence-electron chi connectivity index (χ4n) is 4.59. The number of nitrogens with zero attached hydrogens (tertiary/aromatic N) is 1. The number of aliphatic hydroxyl groups excluding tert-OH is 1. The summed E-state index contributed by atoms with van der Waals surface area (Å²) in [4.78, 5) is 5.24. The molecule has 1 saturated carbocycles. The molecule has 28 heavy (non-hydrogen) atoms. The lowest BCUT2D eigenvalue weighted by atomic mass is 9.74. The van der Waals surface area contributed by atoms with Crippen LogP contribution in [0.3, 0.4) is 0 Å². The number of hydrogen-bond donors (Lipinski definition) is 1. The Morgan fingerprint density at radius 3 is 2.36 bits per heavy atom. The summed E-state index contributed by atoms with van der Waals surface area (Å²) in [5.41, 5.74) is 4.92. The van der Waals surface area contributed by atoms with E-state index in [1.807, 2.05) is 0 Å². The van der Waals surface area contributed by atoms with Crippen LogP contribution in [0.15, 0.2) is 0 Å². The minimum Gasteiger partial charge on any atom is -0.410 e. The lowest BCUT2D eigenvalue weighted by Gasteiger charge is -2.44. The molecular weight excluding hydrogens is 477 g/mol. The second-order valence-electron chi connectivity index (χ2n) is 11.2. The van der Waals surface area contributed by atoms with E-state index >= 15 is 0 Å². The first-order chi connectivity index (χ1) is 12.9. The van der Waals surface area contributed by atoms with Crippen molar-refractivity contribution in [1.29, 1.82) is 0 Å². The van der Waals surface area contributed by atoms with Crippen molar-refractivity contribution in [2.75, 3.05) is 0 Å². The second kappa shape index (κ2) is 7.93. The lowest BCUT2D eigenvalue weighted by Crippen LogP contribution is -2.44. The molecule has 1 atom stereocenters. The molecule has 0 aromatic carbocycles. The topological polar surface area (TPSA) is 42.4 Å². The van der Waals surface area contributed by atoms with Gasteiger partial charge in [0.25, 0.3) is 0 Å². The Kier molecular flexibility index (Phi) is 6.43. The van der Waals surface area contributed by atoms with E-state index in [-0.39, 0.29) is 23.2 Å². The maximum absolute atomic E-state index is 10.2. The summed E-state index contributed by atoms with van der Waals surface area (Å²) in [5, 5.41) is 10.4. The highest BCUT2D eigenvalue weighted by Crippen LogP contribution is 2.49. The van der Waals surface area contributed by atoms with Crippen molar-refractivity contribution in [2.45, 2.75) is 110 Å². The number of halogens is 1. The summed E-state index contributed by atoms with van der Waals surface area (Å²) in [6.07, 6.45) is 7.10. The minimum atomic E-state index is -1.91. The molecule has 0 aliphatic heterocycles. The van der Waals surface area contributed by atoms with E-state index < -0.39 is 8.32 Å². The molecule has 1 fully saturated rings. The molecule has 5 heteroatoms. The average Bonchev–Trinajstić information content (AvgIpc) is 3.05. The first-order valence-corrected chi connectivity index (χ1v) is 14.8. The summed E-state index contributed by atoms with van der Waals surface area (Å²) in [5.74, 6) is 0.519. The van der Waals surface area contributed by atoms with Gasteiger partial charge in [0.05, 0.1) is 18.4 Å². The van der Waals surface area contributed by atoms with Gasteiger partial charge in [-0.3, -0.25) is 4.98 Å². The molecule has 0 spiro atoms. The fourth-order valence-corrected chi connectivity index (χ4v) is 6.96. The van der Waals surface area contributed by atoms with Gasteiger partial charge in [0.2, 0.25) is 0 Å². The van der Waals surface area contributed by atoms with Gasteiger partial charge in [-0.1, -0.05) is 47.5 Å². The first-order valence-electron chi connectivity index (χ1n) is 10.9. The zero-order valence-corrected chi connectivity index (χ0v) is 21.9. The van der Waals surface area contributed by atoms with E-state index in [1.165, 1.54) is 46.2 Å². The summed E-state index contributed by atoms with van der Waals surface area (Å²) in [6, 6.07) is 0. The summed E-state index contributed by atoms with van der Waals surface area (Å²) < 4.78 is 8.18. The zero-order valence-electron chi connectivity index (χ0n) is 18.8. The van der Waals surface area contributed by atoms with Crippen LogP contribution in [-0.4, -0.2) is 18.4 Å². The number of fused-ring (bicyclic) bond motifs is 1. The van der Waals surface area contributed by atoms with E-state index in [0.29, 0.717) is 5.92 Å². The maximum Gasteiger partial charge on any atom is 0.192 e. The van der Waals surface area contributed by atoms with E-state index in [2.05, 4.69) is 70.3 Å². The molecule has 1 heterocycles. The number of hydrogen-bond acceptors (Lipinski definition) is 3. The van der Waals surface area contributed by atoms with Crippen molar-refractivity contribution in [3.8, 4) is 0 Å². The van der Waals surface area contributed by atoms with Crippen LogP contribution in [-0.2, 0) is 17.5 Å². The molecule has 1 unspecified atom stereocenters. The Labute approximate surface area is 186 Å². The highest BCUT2D eigenvalue weighted by molar-refractivity contribution is 14.1. The standard InChI is InChI=1S/C23H38INO2Si/c1-22(2,3)28(6,7)27-18-13-23(4,5)12-17-19(18)20(24)16(14-26)21(25-17)15-10-8-9-11-15/h15,18,26H,8-14H2,1-7H3. The maximum atomic E-state index is 10.2. The molecule has 3 rings (SSSR count). The van der Waals surface area contributed by atoms with Gasteiger partial charge >= 0.3 is 0 Å². The Morgan fingerprint density at radius 2 is 1.82 bits per heavy atom. The van der Waals surface area contributed by atoms with Gasteiger partial charge in [0, 0.05) is 26.3 Å². The van der Waals surface area contributed by atoms with Crippen molar-refractivity contribution >= 4 is 30.9 Å². The Balaban J connectivity index is 2.10. The predicted molar refractivity (Wildman–Crippen MR) is 127 cm³/mol. The molecule has 3 nitrogen and oxygen atoms in total. The van der Waals surface area contributed by atoms with Crippen LogP contribution in [0.2, 0.25) is 18.1 Å². The van der Waals surface area contributed by atoms with Gasteiger partial charge in [-0.15, -0.1) is 0 Å². The molecule has 0 bridgehead atoms. The number of aliphatic hydroxyl groups is 1. The molecule has 158 valence electrons. The van der Waals surface area contributed by atoms with Crippen molar-refractivity contribution in [2.24, 2.45) is 5.41 Å². The van der Waals surface area contributed by atoms with Crippen molar-refractivity contribution in [3.05, 3.63) is 26.1 Å². The molecule has 1 aromatic rings. The molecule has 1 N–H and O–H groups in total. The van der Waals surface area contributed by atoms with Crippen LogP contribution >= 0.6 is 22.6 Å². The molecule has 2 aliphatic rings. The van der Waals surface area contributed by atoms with Gasteiger partial charge in [0.15, 0.2) is 8.32 Å². The van der Waals surface area contributed by atoms with Crippen LogP contribution in [0.25, 0.3) is 0 Å². The summed E-state index contributed by atoms with van der Waals surface area (Å²) in [6.45, 7) is 16.4.